The van der Waals surface area contributed by atoms with Crippen LogP contribution in [0.15, 0.2) is 22.7 Å². The van der Waals surface area contributed by atoms with E-state index in [-0.39, 0.29) is 11.6 Å². The molecule has 0 saturated heterocycles. The van der Waals surface area contributed by atoms with Crippen LogP contribution in [0.5, 0.6) is 0 Å². The average Bonchev–Trinajstić information content (AvgIpc) is 2.29. The zero-order chi connectivity index (χ0) is 10.5. The fourth-order valence-electron chi connectivity index (χ4n) is 2.16. The van der Waals surface area contributed by atoms with E-state index in [1.807, 2.05) is 26.8 Å². The van der Waals surface area contributed by atoms with Crippen molar-refractivity contribution in [2.24, 2.45) is 0 Å². The molecule has 76 valence electrons. The van der Waals surface area contributed by atoms with E-state index < -0.39 is 0 Å². The van der Waals surface area contributed by atoms with Crippen molar-refractivity contribution in [2.75, 3.05) is 0 Å². The van der Waals surface area contributed by atoms with Gasteiger partial charge in [-0.3, -0.25) is 0 Å². The van der Waals surface area contributed by atoms with Crippen molar-refractivity contribution in [3.8, 4) is 0 Å². The van der Waals surface area contributed by atoms with Crippen LogP contribution in [0.2, 0.25) is 0 Å². The van der Waals surface area contributed by atoms with Crippen LogP contribution in [-0.4, -0.2) is 10.3 Å². The maximum absolute atomic E-state index is 9.96. The molecule has 0 saturated carbocycles. The molecule has 1 atom stereocenters. The lowest BCUT2D eigenvalue weighted by molar-refractivity contribution is -0.181. The summed E-state index contributed by atoms with van der Waals surface area (Å²) in [6.45, 7) is 6.07. The first-order chi connectivity index (χ1) is 6.44. The molecule has 1 N–H and O–H groups in total. The predicted octanol–water partition coefficient (Wildman–Crippen LogP) is 3.45. The Balaban J connectivity index is 2.63. The lowest BCUT2D eigenvalue weighted by atomic mass is 9.94. The molecule has 1 aliphatic heterocycles. The first kappa shape index (κ1) is 10.1. The number of fused-ring (bicyclic) bond motifs is 1. The SMILES string of the molecule is CC1c2ccc(Br)cc2C(C)(C)N1O. The number of nitrogens with zero attached hydrogens (tertiary/aromatic N) is 1. The minimum absolute atomic E-state index is 0.0769. The molecule has 0 bridgehead atoms. The Morgan fingerprint density at radius 2 is 2.07 bits per heavy atom. The molecule has 1 aromatic carbocycles. The number of hydrogen-bond acceptors (Lipinski definition) is 2. The Morgan fingerprint density at radius 3 is 2.71 bits per heavy atom. The summed E-state index contributed by atoms with van der Waals surface area (Å²) < 4.78 is 1.06. The number of hydrogen-bond donors (Lipinski definition) is 1. The monoisotopic (exact) mass is 255 g/mol. The lowest BCUT2D eigenvalue weighted by Crippen LogP contribution is -2.33. The summed E-state index contributed by atoms with van der Waals surface area (Å²) in [7, 11) is 0. The number of hydroxylamine groups is 2. The number of benzene rings is 1. The highest BCUT2D eigenvalue weighted by Crippen LogP contribution is 2.44. The summed E-state index contributed by atoms with van der Waals surface area (Å²) in [6.07, 6.45) is 0. The van der Waals surface area contributed by atoms with Crippen LogP contribution in [0.4, 0.5) is 0 Å². The third-order valence-electron chi connectivity index (χ3n) is 3.06. The van der Waals surface area contributed by atoms with Crippen LogP contribution < -0.4 is 0 Å². The van der Waals surface area contributed by atoms with Gasteiger partial charge in [-0.25, -0.2) is 0 Å². The molecule has 0 aromatic heterocycles. The van der Waals surface area contributed by atoms with Gasteiger partial charge in [0.15, 0.2) is 0 Å². The van der Waals surface area contributed by atoms with E-state index in [1.54, 1.807) is 0 Å². The topological polar surface area (TPSA) is 23.5 Å². The fraction of sp³-hybridized carbons (Fsp3) is 0.455. The zero-order valence-corrected chi connectivity index (χ0v) is 10.2. The fourth-order valence-corrected chi connectivity index (χ4v) is 2.52. The van der Waals surface area contributed by atoms with E-state index in [2.05, 4.69) is 28.1 Å². The van der Waals surface area contributed by atoms with Gasteiger partial charge in [-0.05, 0) is 44.0 Å². The van der Waals surface area contributed by atoms with Gasteiger partial charge in [0.05, 0.1) is 11.6 Å². The molecular weight excluding hydrogens is 242 g/mol. The molecule has 1 aromatic rings. The molecule has 1 unspecified atom stereocenters. The summed E-state index contributed by atoms with van der Waals surface area (Å²) in [6, 6.07) is 6.25. The van der Waals surface area contributed by atoms with E-state index >= 15 is 0 Å². The Hall–Kier alpha value is -0.380. The van der Waals surface area contributed by atoms with Crippen LogP contribution in [0.3, 0.4) is 0 Å². The normalized spacial score (nSPS) is 25.1. The molecule has 2 nitrogen and oxygen atoms in total. The second kappa shape index (κ2) is 3.05. The van der Waals surface area contributed by atoms with E-state index in [4.69, 9.17) is 0 Å². The van der Waals surface area contributed by atoms with Crippen LogP contribution in [0, 0.1) is 0 Å². The van der Waals surface area contributed by atoms with Gasteiger partial charge in [-0.15, -0.1) is 0 Å². The zero-order valence-electron chi connectivity index (χ0n) is 8.58. The van der Waals surface area contributed by atoms with Crippen molar-refractivity contribution in [3.63, 3.8) is 0 Å². The predicted molar refractivity (Wildman–Crippen MR) is 59.2 cm³/mol. The van der Waals surface area contributed by atoms with E-state index in [1.165, 1.54) is 16.2 Å². The highest BCUT2D eigenvalue weighted by atomic mass is 79.9. The Bertz CT molecular complexity index is 376. The number of rotatable bonds is 0. The minimum atomic E-state index is -0.293. The molecule has 14 heavy (non-hydrogen) atoms. The lowest BCUT2D eigenvalue weighted by Gasteiger charge is -2.28. The smallest absolute Gasteiger partial charge is 0.0663 e. The molecule has 0 aliphatic carbocycles. The van der Waals surface area contributed by atoms with Gasteiger partial charge in [-0.1, -0.05) is 22.0 Å². The Morgan fingerprint density at radius 1 is 1.43 bits per heavy atom. The summed E-state index contributed by atoms with van der Waals surface area (Å²) in [5.41, 5.74) is 2.11. The van der Waals surface area contributed by atoms with Gasteiger partial charge < -0.3 is 5.21 Å². The van der Waals surface area contributed by atoms with E-state index in [0.717, 1.165) is 4.47 Å². The van der Waals surface area contributed by atoms with Gasteiger partial charge in [0.2, 0.25) is 0 Å². The second-order valence-corrected chi connectivity index (χ2v) is 5.23. The van der Waals surface area contributed by atoms with Crippen molar-refractivity contribution in [1.82, 2.24) is 5.06 Å². The Labute approximate surface area is 92.6 Å². The van der Waals surface area contributed by atoms with Crippen molar-refractivity contribution in [1.29, 1.82) is 0 Å². The Kier molecular flexibility index (Phi) is 2.21. The largest absolute Gasteiger partial charge is 0.313 e. The molecule has 2 rings (SSSR count). The van der Waals surface area contributed by atoms with Crippen molar-refractivity contribution >= 4 is 15.9 Å². The van der Waals surface area contributed by atoms with Crippen molar-refractivity contribution in [3.05, 3.63) is 33.8 Å². The third kappa shape index (κ3) is 1.23. The second-order valence-electron chi connectivity index (χ2n) is 4.31. The molecular formula is C11H14BrNO. The first-order valence-corrected chi connectivity index (χ1v) is 5.52. The first-order valence-electron chi connectivity index (χ1n) is 4.72. The van der Waals surface area contributed by atoms with Gasteiger partial charge >= 0.3 is 0 Å². The maximum atomic E-state index is 9.96. The van der Waals surface area contributed by atoms with Crippen molar-refractivity contribution < 1.29 is 5.21 Å². The molecule has 0 spiro atoms. The van der Waals surface area contributed by atoms with E-state index in [0.29, 0.717) is 0 Å². The standard InChI is InChI=1S/C11H14BrNO/c1-7-9-5-4-8(12)6-10(9)11(2,3)13(7)14/h4-7,14H,1-3H3. The third-order valence-corrected chi connectivity index (χ3v) is 3.56. The molecule has 1 aliphatic rings. The summed E-state index contributed by atoms with van der Waals surface area (Å²) >= 11 is 3.46. The molecule has 0 radical (unpaired) electrons. The summed E-state index contributed by atoms with van der Waals surface area (Å²) in [5.74, 6) is 0. The van der Waals surface area contributed by atoms with Gasteiger partial charge in [0, 0.05) is 4.47 Å². The van der Waals surface area contributed by atoms with Gasteiger partial charge in [0.1, 0.15) is 0 Å². The molecule has 0 amide bonds. The summed E-state index contributed by atoms with van der Waals surface area (Å²) in [5, 5.41) is 11.4. The van der Waals surface area contributed by atoms with E-state index in [9.17, 15) is 5.21 Å². The maximum Gasteiger partial charge on any atom is 0.0663 e. The molecule has 0 fully saturated rings. The minimum Gasteiger partial charge on any atom is -0.313 e. The molecule has 1 heterocycles. The van der Waals surface area contributed by atoms with Crippen LogP contribution in [-0.2, 0) is 5.54 Å². The average molecular weight is 256 g/mol. The van der Waals surface area contributed by atoms with Gasteiger partial charge in [-0.2, -0.15) is 5.06 Å². The van der Waals surface area contributed by atoms with Crippen LogP contribution in [0.25, 0.3) is 0 Å². The molecule has 3 heteroatoms. The quantitative estimate of drug-likeness (QED) is 0.768. The van der Waals surface area contributed by atoms with Gasteiger partial charge in [0.25, 0.3) is 0 Å². The highest BCUT2D eigenvalue weighted by molar-refractivity contribution is 9.10. The van der Waals surface area contributed by atoms with Crippen molar-refractivity contribution in [2.45, 2.75) is 32.4 Å². The summed E-state index contributed by atoms with van der Waals surface area (Å²) in [4.78, 5) is 0. The number of halogens is 1. The van der Waals surface area contributed by atoms with Crippen LogP contribution in [0.1, 0.15) is 37.9 Å². The highest BCUT2D eigenvalue weighted by Gasteiger charge is 2.41. The van der Waals surface area contributed by atoms with Crippen LogP contribution >= 0.6 is 15.9 Å².